The lowest BCUT2D eigenvalue weighted by Crippen LogP contribution is -1.99. The fourth-order valence-electron chi connectivity index (χ4n) is 3.24. The van der Waals surface area contributed by atoms with E-state index in [2.05, 4.69) is 60.9 Å². The van der Waals surface area contributed by atoms with E-state index in [4.69, 9.17) is 4.74 Å². The second kappa shape index (κ2) is 7.96. The number of hydrogen-bond donors (Lipinski definition) is 1. The van der Waals surface area contributed by atoms with Crippen molar-refractivity contribution in [3.05, 3.63) is 91.3 Å². The van der Waals surface area contributed by atoms with Crippen LogP contribution in [0.5, 0.6) is 5.75 Å². The van der Waals surface area contributed by atoms with Gasteiger partial charge in [0.15, 0.2) is 5.82 Å². The van der Waals surface area contributed by atoms with Crippen LogP contribution in [0.2, 0.25) is 0 Å². The summed E-state index contributed by atoms with van der Waals surface area (Å²) in [4.78, 5) is 8.21. The molecule has 0 spiro atoms. The van der Waals surface area contributed by atoms with Gasteiger partial charge in [-0.3, -0.25) is 4.98 Å². The average molecular weight is 395 g/mol. The van der Waals surface area contributed by atoms with Crippen molar-refractivity contribution in [2.75, 3.05) is 0 Å². The van der Waals surface area contributed by atoms with Crippen molar-refractivity contribution in [2.45, 2.75) is 6.61 Å². The van der Waals surface area contributed by atoms with Gasteiger partial charge in [-0.2, -0.15) is 0 Å². The van der Waals surface area contributed by atoms with Crippen molar-refractivity contribution in [1.29, 1.82) is 0 Å². The molecule has 0 fully saturated rings. The Morgan fingerprint density at radius 1 is 0.933 bits per heavy atom. The van der Waals surface area contributed by atoms with Crippen molar-refractivity contribution >= 4 is 0 Å². The van der Waals surface area contributed by atoms with Gasteiger partial charge in [0.1, 0.15) is 12.4 Å². The minimum atomic E-state index is 0.389. The van der Waals surface area contributed by atoms with E-state index in [-0.39, 0.29) is 0 Å². The van der Waals surface area contributed by atoms with E-state index in [1.165, 1.54) is 0 Å². The summed E-state index contributed by atoms with van der Waals surface area (Å²) in [5.41, 5.74) is 5.12. The minimum Gasteiger partial charge on any atom is -0.487 e. The maximum absolute atomic E-state index is 5.97. The second-order valence-electron chi connectivity index (χ2n) is 6.62. The number of tetrazole rings is 1. The van der Waals surface area contributed by atoms with Crippen molar-refractivity contribution < 1.29 is 4.74 Å². The zero-order valence-electron chi connectivity index (χ0n) is 15.9. The van der Waals surface area contributed by atoms with Gasteiger partial charge >= 0.3 is 0 Å². The Kier molecular flexibility index (Phi) is 4.71. The maximum atomic E-state index is 5.97. The molecule has 1 N–H and O–H groups in total. The van der Waals surface area contributed by atoms with Crippen LogP contribution in [0.4, 0.5) is 0 Å². The zero-order valence-corrected chi connectivity index (χ0v) is 15.9. The van der Waals surface area contributed by atoms with E-state index < -0.39 is 0 Å². The molecule has 3 aromatic heterocycles. The van der Waals surface area contributed by atoms with Crippen molar-refractivity contribution in [3.63, 3.8) is 0 Å². The number of rotatable bonds is 6. The number of imidazole rings is 1. The number of nitrogens with one attached hydrogen (secondary N) is 1. The molecule has 0 atom stereocenters. The summed E-state index contributed by atoms with van der Waals surface area (Å²) in [6.45, 7) is 0.389. The number of ether oxygens (including phenoxy) is 1. The maximum Gasteiger partial charge on any atom is 0.179 e. The van der Waals surface area contributed by atoms with E-state index in [1.807, 2.05) is 35.0 Å². The largest absolute Gasteiger partial charge is 0.487 e. The van der Waals surface area contributed by atoms with Gasteiger partial charge in [-0.15, -0.1) is 5.10 Å². The number of nitrogens with zero attached hydrogens (tertiary/aromatic N) is 6. The van der Waals surface area contributed by atoms with Crippen LogP contribution in [0.3, 0.4) is 0 Å². The van der Waals surface area contributed by atoms with Crippen molar-refractivity contribution in [1.82, 2.24) is 35.2 Å². The van der Waals surface area contributed by atoms with Crippen LogP contribution in [-0.2, 0) is 6.61 Å². The van der Waals surface area contributed by atoms with E-state index in [0.717, 1.165) is 27.9 Å². The quantitative estimate of drug-likeness (QED) is 0.471. The summed E-state index contributed by atoms with van der Waals surface area (Å²) in [5.74, 6) is 1.32. The molecule has 0 unspecified atom stereocenters. The zero-order chi connectivity index (χ0) is 20.2. The third kappa shape index (κ3) is 3.66. The average Bonchev–Trinajstić information content (AvgIpc) is 3.53. The monoisotopic (exact) mass is 395 g/mol. The molecular weight excluding hydrogens is 378 g/mol. The second-order valence-corrected chi connectivity index (χ2v) is 6.62. The van der Waals surface area contributed by atoms with Gasteiger partial charge in [0.05, 0.1) is 12.5 Å². The highest BCUT2D eigenvalue weighted by Gasteiger charge is 2.11. The Hall–Kier alpha value is -4.33. The number of pyridine rings is 1. The molecule has 8 nitrogen and oxygen atoms in total. The molecule has 0 saturated carbocycles. The molecule has 0 aliphatic rings. The van der Waals surface area contributed by atoms with Gasteiger partial charge in [0.2, 0.25) is 0 Å². The molecule has 0 aliphatic carbocycles. The number of benzene rings is 2. The number of aromatic amines is 1. The fourth-order valence-corrected chi connectivity index (χ4v) is 3.24. The summed E-state index contributed by atoms with van der Waals surface area (Å²) in [5, 5.41) is 14.2. The Balaban J connectivity index is 1.49. The van der Waals surface area contributed by atoms with Gasteiger partial charge in [-0.1, -0.05) is 24.3 Å². The van der Waals surface area contributed by atoms with Crippen LogP contribution in [0, 0.1) is 0 Å². The summed E-state index contributed by atoms with van der Waals surface area (Å²) < 4.78 is 7.94. The predicted octanol–water partition coefficient (Wildman–Crippen LogP) is 3.69. The van der Waals surface area contributed by atoms with Crippen LogP contribution in [0.25, 0.3) is 28.2 Å². The molecule has 146 valence electrons. The predicted molar refractivity (Wildman–Crippen MR) is 111 cm³/mol. The summed E-state index contributed by atoms with van der Waals surface area (Å²) in [7, 11) is 0. The summed E-state index contributed by atoms with van der Waals surface area (Å²) in [6.07, 6.45) is 8.88. The third-order valence-corrected chi connectivity index (χ3v) is 4.73. The Morgan fingerprint density at radius 3 is 2.57 bits per heavy atom. The molecule has 2 aromatic carbocycles. The lowest BCUT2D eigenvalue weighted by molar-refractivity contribution is 0.305. The molecule has 0 amide bonds. The topological polar surface area (TPSA) is 94.4 Å². The Morgan fingerprint density at radius 2 is 1.83 bits per heavy atom. The Labute approximate surface area is 172 Å². The lowest BCUT2D eigenvalue weighted by Gasteiger charge is -2.13. The molecular formula is C22H17N7O. The molecule has 5 rings (SSSR count). The van der Waals surface area contributed by atoms with Crippen molar-refractivity contribution in [3.8, 4) is 34.0 Å². The van der Waals surface area contributed by atoms with Gasteiger partial charge in [0.25, 0.3) is 0 Å². The van der Waals surface area contributed by atoms with Crippen LogP contribution in [0.15, 0.2) is 85.7 Å². The Bertz CT molecular complexity index is 1220. The molecule has 5 aromatic rings. The molecule has 0 saturated heterocycles. The SMILES string of the molecule is c1cncc(OCc2cc(-c3nnn[nH]3)ccc2-c2ccc(-n3ccnc3)cc2)c1. The molecule has 0 bridgehead atoms. The molecule has 30 heavy (non-hydrogen) atoms. The van der Waals surface area contributed by atoms with Crippen LogP contribution >= 0.6 is 0 Å². The van der Waals surface area contributed by atoms with Crippen molar-refractivity contribution in [2.24, 2.45) is 0 Å². The standard InChI is InChI=1S/C22H17N7O/c1-2-20(13-23-9-1)30-14-18-12-17(22-25-27-28-26-22)5-8-21(18)16-3-6-19(7-4-16)29-11-10-24-15-29/h1-13,15H,14H2,(H,25,26,27,28). The van der Waals surface area contributed by atoms with Gasteiger partial charge < -0.3 is 9.30 Å². The fraction of sp³-hybridized carbons (Fsp3) is 0.0455. The first-order valence-corrected chi connectivity index (χ1v) is 9.35. The normalized spacial score (nSPS) is 10.8. The van der Waals surface area contributed by atoms with E-state index >= 15 is 0 Å². The molecule has 0 radical (unpaired) electrons. The smallest absolute Gasteiger partial charge is 0.179 e. The molecule has 0 aliphatic heterocycles. The lowest BCUT2D eigenvalue weighted by atomic mass is 9.97. The highest BCUT2D eigenvalue weighted by molar-refractivity contribution is 5.72. The highest BCUT2D eigenvalue weighted by atomic mass is 16.5. The first kappa shape index (κ1) is 17.7. The van der Waals surface area contributed by atoms with Gasteiger partial charge in [0, 0.05) is 29.8 Å². The first-order chi connectivity index (χ1) is 14.9. The highest BCUT2D eigenvalue weighted by Crippen LogP contribution is 2.29. The number of hydrogen-bond acceptors (Lipinski definition) is 6. The summed E-state index contributed by atoms with van der Waals surface area (Å²) >= 11 is 0. The number of aromatic nitrogens is 7. The molecule has 8 heteroatoms. The van der Waals surface area contributed by atoms with Crippen LogP contribution in [-0.4, -0.2) is 35.2 Å². The van der Waals surface area contributed by atoms with Gasteiger partial charge in [-0.25, -0.2) is 10.1 Å². The van der Waals surface area contributed by atoms with Crippen LogP contribution in [0.1, 0.15) is 5.56 Å². The first-order valence-electron chi connectivity index (χ1n) is 9.35. The number of H-pyrrole nitrogens is 1. The summed E-state index contributed by atoms with van der Waals surface area (Å²) in [6, 6.07) is 18.1. The third-order valence-electron chi connectivity index (χ3n) is 4.73. The minimum absolute atomic E-state index is 0.389. The van der Waals surface area contributed by atoms with Gasteiger partial charge in [-0.05, 0) is 57.4 Å². The molecule has 3 heterocycles. The van der Waals surface area contributed by atoms with Crippen LogP contribution < -0.4 is 4.74 Å². The van der Waals surface area contributed by atoms with E-state index in [0.29, 0.717) is 18.2 Å². The van der Waals surface area contributed by atoms with E-state index in [1.54, 1.807) is 24.9 Å². The van der Waals surface area contributed by atoms with E-state index in [9.17, 15) is 0 Å².